The number of hydrogen-bond acceptors (Lipinski definition) is 4. The van der Waals surface area contributed by atoms with Crippen molar-refractivity contribution in [2.45, 2.75) is 77.0 Å². The number of unbranched alkanes of at least 4 members (excludes halogenated alkanes) is 11. The zero-order chi connectivity index (χ0) is 16.3. The molecule has 0 saturated heterocycles. The Morgan fingerprint density at radius 3 is 1.91 bits per heavy atom. The van der Waals surface area contributed by atoms with E-state index < -0.39 is 0 Å². The van der Waals surface area contributed by atoms with Gasteiger partial charge in [-0.2, -0.15) is 5.26 Å². The first kappa shape index (κ1) is 20.5. The highest BCUT2D eigenvalue weighted by Crippen LogP contribution is 2.12. The van der Waals surface area contributed by atoms with Crippen LogP contribution in [0.25, 0.3) is 0 Å². The number of hydrogen-bond donors (Lipinski definition) is 0. The lowest BCUT2D eigenvalue weighted by Crippen LogP contribution is -1.93. The minimum Gasteiger partial charge on any atom is -0.466 e. The van der Waals surface area contributed by atoms with Crippen molar-refractivity contribution in [1.82, 2.24) is 0 Å². The van der Waals surface area contributed by atoms with E-state index in [9.17, 15) is 4.79 Å². The molecule has 0 saturated carbocycles. The van der Waals surface area contributed by atoms with Crippen LogP contribution in [0.4, 0.5) is 0 Å². The molecule has 4 heteroatoms. The van der Waals surface area contributed by atoms with E-state index in [1.165, 1.54) is 71.0 Å². The standard InChI is InChI=1S/C18H31NO3/c1-21-18(20)15-13-11-9-7-5-3-2-4-6-8-10-12-14-16-22-17-19/h13,15H,2-12,14,16H2,1H3. The molecular formula is C18H31NO3. The lowest BCUT2D eigenvalue weighted by Gasteiger charge is -2.02. The molecule has 0 aromatic heterocycles. The van der Waals surface area contributed by atoms with Gasteiger partial charge in [-0.25, -0.2) is 4.79 Å². The Morgan fingerprint density at radius 1 is 0.909 bits per heavy atom. The van der Waals surface area contributed by atoms with Gasteiger partial charge in [0.1, 0.15) is 6.61 Å². The molecule has 0 spiro atoms. The van der Waals surface area contributed by atoms with Crippen LogP contribution in [0.1, 0.15) is 77.0 Å². The van der Waals surface area contributed by atoms with Crippen molar-refractivity contribution in [1.29, 1.82) is 5.26 Å². The number of nitrogens with zero attached hydrogens (tertiary/aromatic N) is 1. The highest BCUT2D eigenvalue weighted by Gasteiger charge is 1.94. The molecule has 4 nitrogen and oxygen atoms in total. The molecule has 0 atom stereocenters. The van der Waals surface area contributed by atoms with Gasteiger partial charge in [-0.1, -0.05) is 63.9 Å². The molecule has 0 aliphatic heterocycles. The molecule has 0 fully saturated rings. The fourth-order valence-electron chi connectivity index (χ4n) is 2.32. The van der Waals surface area contributed by atoms with E-state index in [1.807, 2.05) is 6.08 Å². The number of nitriles is 1. The summed E-state index contributed by atoms with van der Waals surface area (Å²) in [5.41, 5.74) is 0. The van der Waals surface area contributed by atoms with Crippen LogP contribution >= 0.6 is 0 Å². The van der Waals surface area contributed by atoms with E-state index in [1.54, 1.807) is 6.26 Å². The largest absolute Gasteiger partial charge is 0.466 e. The monoisotopic (exact) mass is 309 g/mol. The van der Waals surface area contributed by atoms with Crippen molar-refractivity contribution < 1.29 is 14.3 Å². The van der Waals surface area contributed by atoms with Crippen LogP contribution in [0, 0.1) is 11.5 Å². The van der Waals surface area contributed by atoms with E-state index in [0.717, 1.165) is 19.3 Å². The van der Waals surface area contributed by atoms with Crippen LogP contribution in [0.2, 0.25) is 0 Å². The molecule has 0 amide bonds. The first-order valence-electron chi connectivity index (χ1n) is 8.56. The first-order valence-corrected chi connectivity index (χ1v) is 8.56. The first-order chi connectivity index (χ1) is 10.8. The highest BCUT2D eigenvalue weighted by molar-refractivity contribution is 5.81. The maximum absolute atomic E-state index is 10.8. The molecule has 0 aliphatic carbocycles. The summed E-state index contributed by atoms with van der Waals surface area (Å²) in [4.78, 5) is 10.8. The highest BCUT2D eigenvalue weighted by atomic mass is 16.5. The third kappa shape index (κ3) is 16.6. The number of carbonyl (C=O) groups excluding carboxylic acids is 1. The van der Waals surface area contributed by atoms with Gasteiger partial charge in [0.05, 0.1) is 7.11 Å². The van der Waals surface area contributed by atoms with Gasteiger partial charge in [-0.15, -0.1) is 0 Å². The average Bonchev–Trinajstić information content (AvgIpc) is 2.54. The summed E-state index contributed by atoms with van der Waals surface area (Å²) in [5, 5.41) is 8.21. The summed E-state index contributed by atoms with van der Waals surface area (Å²) >= 11 is 0. The van der Waals surface area contributed by atoms with E-state index in [4.69, 9.17) is 5.26 Å². The van der Waals surface area contributed by atoms with E-state index >= 15 is 0 Å². The Balaban J connectivity index is 3.07. The molecular weight excluding hydrogens is 278 g/mol. The van der Waals surface area contributed by atoms with Crippen LogP contribution in [0.15, 0.2) is 12.2 Å². The van der Waals surface area contributed by atoms with Gasteiger partial charge in [-0.3, -0.25) is 0 Å². The van der Waals surface area contributed by atoms with Crippen molar-refractivity contribution >= 4 is 5.97 Å². The van der Waals surface area contributed by atoms with Crippen molar-refractivity contribution in [2.24, 2.45) is 0 Å². The molecule has 0 aromatic carbocycles. The molecule has 0 unspecified atom stereocenters. The Kier molecular flexibility index (Phi) is 16.4. The van der Waals surface area contributed by atoms with Gasteiger partial charge >= 0.3 is 5.97 Å². The van der Waals surface area contributed by atoms with Crippen LogP contribution < -0.4 is 0 Å². The van der Waals surface area contributed by atoms with Crippen molar-refractivity contribution in [3.8, 4) is 6.26 Å². The van der Waals surface area contributed by atoms with E-state index in [-0.39, 0.29) is 5.97 Å². The third-order valence-corrected chi connectivity index (χ3v) is 3.64. The SMILES string of the molecule is COC(=O)C=CCCCCCCCCCCCCCOC#N. The third-order valence-electron chi connectivity index (χ3n) is 3.64. The van der Waals surface area contributed by atoms with Gasteiger partial charge in [0.2, 0.25) is 0 Å². The van der Waals surface area contributed by atoms with Gasteiger partial charge in [0.25, 0.3) is 6.26 Å². The smallest absolute Gasteiger partial charge is 0.330 e. The Morgan fingerprint density at radius 2 is 1.41 bits per heavy atom. The van der Waals surface area contributed by atoms with Crippen molar-refractivity contribution in [3.05, 3.63) is 12.2 Å². The van der Waals surface area contributed by atoms with Crippen molar-refractivity contribution in [2.75, 3.05) is 13.7 Å². The van der Waals surface area contributed by atoms with Crippen LogP contribution in [-0.4, -0.2) is 19.7 Å². The topological polar surface area (TPSA) is 59.3 Å². The lowest BCUT2D eigenvalue weighted by atomic mass is 10.1. The molecule has 0 aliphatic rings. The Bertz CT molecular complexity index is 321. The maximum atomic E-state index is 10.8. The summed E-state index contributed by atoms with van der Waals surface area (Å²) in [7, 11) is 1.40. The van der Waals surface area contributed by atoms with Crippen LogP contribution in [-0.2, 0) is 14.3 Å². The second-order valence-corrected chi connectivity index (χ2v) is 5.54. The molecule has 0 rings (SSSR count). The Hall–Kier alpha value is -1.50. The van der Waals surface area contributed by atoms with Gasteiger partial charge in [0.15, 0.2) is 0 Å². The molecule has 0 aromatic rings. The normalized spacial score (nSPS) is 10.5. The fourth-order valence-corrected chi connectivity index (χ4v) is 2.32. The van der Waals surface area contributed by atoms with Gasteiger partial charge in [-0.05, 0) is 19.3 Å². The summed E-state index contributed by atoms with van der Waals surface area (Å²) in [6.07, 6.45) is 19.8. The second kappa shape index (κ2) is 17.6. The number of carbonyl (C=O) groups is 1. The zero-order valence-electron chi connectivity index (χ0n) is 14.0. The van der Waals surface area contributed by atoms with E-state index in [0.29, 0.717) is 6.61 Å². The number of esters is 1. The van der Waals surface area contributed by atoms with Crippen LogP contribution in [0.3, 0.4) is 0 Å². The molecule has 0 bridgehead atoms. The summed E-state index contributed by atoms with van der Waals surface area (Å²) in [6, 6.07) is 0. The van der Waals surface area contributed by atoms with E-state index in [2.05, 4.69) is 9.47 Å². The minimum atomic E-state index is -0.266. The average molecular weight is 309 g/mol. The molecule has 22 heavy (non-hydrogen) atoms. The predicted molar refractivity (Wildman–Crippen MR) is 88.1 cm³/mol. The lowest BCUT2D eigenvalue weighted by molar-refractivity contribution is -0.134. The number of ether oxygens (including phenoxy) is 2. The number of methoxy groups -OCH3 is 1. The molecule has 126 valence electrons. The number of rotatable bonds is 15. The number of allylic oxidation sites excluding steroid dienone is 1. The van der Waals surface area contributed by atoms with Gasteiger partial charge in [0, 0.05) is 6.08 Å². The summed E-state index contributed by atoms with van der Waals surface area (Å²) in [5.74, 6) is -0.266. The molecule has 0 N–H and O–H groups in total. The van der Waals surface area contributed by atoms with Crippen LogP contribution in [0.5, 0.6) is 0 Å². The minimum absolute atomic E-state index is 0.266. The maximum Gasteiger partial charge on any atom is 0.330 e. The second-order valence-electron chi connectivity index (χ2n) is 5.54. The van der Waals surface area contributed by atoms with Gasteiger partial charge < -0.3 is 9.47 Å². The zero-order valence-corrected chi connectivity index (χ0v) is 14.0. The quantitative estimate of drug-likeness (QED) is 0.187. The summed E-state index contributed by atoms with van der Waals surface area (Å²) < 4.78 is 9.17. The van der Waals surface area contributed by atoms with Crippen molar-refractivity contribution in [3.63, 3.8) is 0 Å². The summed E-state index contributed by atoms with van der Waals surface area (Å²) in [6.45, 7) is 0.575. The predicted octanol–water partition coefficient (Wildman–Crippen LogP) is 4.89. The molecule has 0 radical (unpaired) electrons. The fraction of sp³-hybridized carbons (Fsp3) is 0.778. The molecule has 0 heterocycles. The Labute approximate surface area is 135 Å².